The molecule has 1 heteroatoms. The van der Waals surface area contributed by atoms with E-state index >= 15 is 0 Å². The molecule has 1 aliphatic carbocycles. The third-order valence-corrected chi connectivity index (χ3v) is 2.20. The van der Waals surface area contributed by atoms with Crippen molar-refractivity contribution in [1.29, 1.82) is 0 Å². The largest absolute Gasteiger partial charge is 0.396 e. The van der Waals surface area contributed by atoms with Gasteiger partial charge in [0.2, 0.25) is 0 Å². The molecule has 0 atom stereocenters. The summed E-state index contributed by atoms with van der Waals surface area (Å²) in [6.45, 7) is 0.342. The summed E-state index contributed by atoms with van der Waals surface area (Å²) < 4.78 is 0. The fraction of sp³-hybridized carbons (Fsp3) is 0.636. The minimum atomic E-state index is 0.342. The van der Waals surface area contributed by atoms with Crippen molar-refractivity contribution in [3.63, 3.8) is 0 Å². The molecule has 0 aromatic carbocycles. The van der Waals surface area contributed by atoms with E-state index in [1.807, 2.05) is 0 Å². The molecule has 1 rings (SSSR count). The van der Waals surface area contributed by atoms with Gasteiger partial charge in [0.05, 0.1) is 0 Å². The van der Waals surface area contributed by atoms with Crippen LogP contribution in [0.5, 0.6) is 0 Å². The Bertz CT molecular complexity index is 168. The maximum Gasteiger partial charge on any atom is 0.0431 e. The van der Waals surface area contributed by atoms with Crippen molar-refractivity contribution < 1.29 is 5.11 Å². The summed E-state index contributed by atoms with van der Waals surface area (Å²) in [5.41, 5.74) is 1.49. The van der Waals surface area contributed by atoms with Gasteiger partial charge >= 0.3 is 0 Å². The molecular formula is C11H18O. The van der Waals surface area contributed by atoms with Crippen LogP contribution in [0.3, 0.4) is 0 Å². The van der Waals surface area contributed by atoms with Crippen molar-refractivity contribution in [2.75, 3.05) is 6.61 Å². The van der Waals surface area contributed by atoms with E-state index in [4.69, 9.17) is 5.11 Å². The van der Waals surface area contributed by atoms with Crippen molar-refractivity contribution in [1.82, 2.24) is 0 Å². The van der Waals surface area contributed by atoms with Gasteiger partial charge in [-0.15, -0.1) is 0 Å². The van der Waals surface area contributed by atoms with Gasteiger partial charge in [0.25, 0.3) is 0 Å². The lowest BCUT2D eigenvalue weighted by molar-refractivity contribution is 0.283. The third kappa shape index (κ3) is 3.72. The summed E-state index contributed by atoms with van der Waals surface area (Å²) in [6.07, 6.45) is 13.8. The highest BCUT2D eigenvalue weighted by molar-refractivity contribution is 5.21. The number of allylic oxidation sites excluding steroid dienone is 4. The lowest BCUT2D eigenvalue weighted by atomic mass is 10.0. The standard InChI is InChI=1S/C11H18O/c12-10-6-2-5-9-11-7-3-1-4-8-11/h3,7-8,12H,1-2,4-6,9-10H2. The summed E-state index contributed by atoms with van der Waals surface area (Å²) >= 11 is 0. The van der Waals surface area contributed by atoms with Crippen molar-refractivity contribution in [2.45, 2.75) is 38.5 Å². The molecule has 0 aliphatic heterocycles. The van der Waals surface area contributed by atoms with E-state index in [9.17, 15) is 0 Å². The Morgan fingerprint density at radius 2 is 2.08 bits per heavy atom. The van der Waals surface area contributed by atoms with E-state index in [1.165, 1.54) is 31.3 Å². The van der Waals surface area contributed by atoms with Gasteiger partial charge in [-0.05, 0) is 32.1 Å². The average molecular weight is 166 g/mol. The second kappa shape index (κ2) is 6.01. The van der Waals surface area contributed by atoms with Gasteiger partial charge in [-0.1, -0.05) is 30.2 Å². The number of hydrogen-bond acceptors (Lipinski definition) is 1. The summed E-state index contributed by atoms with van der Waals surface area (Å²) in [5, 5.41) is 8.57. The Hall–Kier alpha value is -0.560. The van der Waals surface area contributed by atoms with Gasteiger partial charge in [0, 0.05) is 6.61 Å². The molecule has 1 nitrogen and oxygen atoms in total. The Balaban J connectivity index is 2.06. The quantitative estimate of drug-likeness (QED) is 0.623. The van der Waals surface area contributed by atoms with Crippen molar-refractivity contribution in [3.05, 3.63) is 23.8 Å². The highest BCUT2D eigenvalue weighted by atomic mass is 16.2. The molecule has 1 aliphatic rings. The highest BCUT2D eigenvalue weighted by Crippen LogP contribution is 2.15. The van der Waals surface area contributed by atoms with Crippen LogP contribution in [-0.4, -0.2) is 11.7 Å². The first-order valence-electron chi connectivity index (χ1n) is 4.90. The predicted molar refractivity (Wildman–Crippen MR) is 52.0 cm³/mol. The molecule has 0 aromatic heterocycles. The second-order valence-electron chi connectivity index (χ2n) is 3.29. The van der Waals surface area contributed by atoms with Crippen molar-refractivity contribution in [3.8, 4) is 0 Å². The van der Waals surface area contributed by atoms with Crippen LogP contribution in [0.2, 0.25) is 0 Å². The molecule has 0 heterocycles. The SMILES string of the molecule is OCCCCCC1=CCCC=C1. The zero-order chi connectivity index (χ0) is 8.65. The van der Waals surface area contributed by atoms with E-state index in [-0.39, 0.29) is 0 Å². The summed E-state index contributed by atoms with van der Waals surface area (Å²) in [4.78, 5) is 0. The van der Waals surface area contributed by atoms with Crippen LogP contribution in [0.25, 0.3) is 0 Å². The normalized spacial score (nSPS) is 16.2. The van der Waals surface area contributed by atoms with E-state index < -0.39 is 0 Å². The average Bonchev–Trinajstić information content (AvgIpc) is 2.14. The Labute approximate surface area is 74.8 Å². The smallest absolute Gasteiger partial charge is 0.0431 e. The molecule has 68 valence electrons. The van der Waals surface area contributed by atoms with Crippen molar-refractivity contribution >= 4 is 0 Å². The molecule has 0 amide bonds. The zero-order valence-corrected chi connectivity index (χ0v) is 7.63. The fourth-order valence-electron chi connectivity index (χ4n) is 1.47. The van der Waals surface area contributed by atoms with Crippen LogP contribution in [0.1, 0.15) is 38.5 Å². The molecule has 12 heavy (non-hydrogen) atoms. The highest BCUT2D eigenvalue weighted by Gasteiger charge is 1.96. The van der Waals surface area contributed by atoms with Crippen LogP contribution in [0, 0.1) is 0 Å². The minimum absolute atomic E-state index is 0.342. The van der Waals surface area contributed by atoms with Crippen LogP contribution < -0.4 is 0 Å². The second-order valence-corrected chi connectivity index (χ2v) is 3.29. The van der Waals surface area contributed by atoms with Crippen LogP contribution in [0.4, 0.5) is 0 Å². The lowest BCUT2D eigenvalue weighted by Crippen LogP contribution is -1.87. The van der Waals surface area contributed by atoms with E-state index in [0.29, 0.717) is 6.61 Å². The Morgan fingerprint density at radius 3 is 2.75 bits per heavy atom. The maximum atomic E-state index is 8.57. The zero-order valence-electron chi connectivity index (χ0n) is 7.63. The summed E-state index contributed by atoms with van der Waals surface area (Å²) in [6, 6.07) is 0. The van der Waals surface area contributed by atoms with Crippen LogP contribution in [-0.2, 0) is 0 Å². The molecule has 0 bridgehead atoms. The van der Waals surface area contributed by atoms with Gasteiger partial charge in [0.15, 0.2) is 0 Å². The first-order chi connectivity index (χ1) is 5.93. The molecule has 0 fully saturated rings. The summed E-state index contributed by atoms with van der Waals surface area (Å²) in [7, 11) is 0. The molecular weight excluding hydrogens is 148 g/mol. The number of hydrogen-bond donors (Lipinski definition) is 1. The Kier molecular flexibility index (Phi) is 4.77. The molecule has 0 saturated heterocycles. The number of aliphatic hydroxyl groups excluding tert-OH is 1. The Morgan fingerprint density at radius 1 is 1.17 bits per heavy atom. The van der Waals surface area contributed by atoms with E-state index in [0.717, 1.165) is 12.8 Å². The minimum Gasteiger partial charge on any atom is -0.396 e. The molecule has 0 radical (unpaired) electrons. The first-order valence-corrected chi connectivity index (χ1v) is 4.90. The van der Waals surface area contributed by atoms with E-state index in [1.54, 1.807) is 0 Å². The topological polar surface area (TPSA) is 20.2 Å². The number of rotatable bonds is 5. The van der Waals surface area contributed by atoms with Crippen molar-refractivity contribution in [2.24, 2.45) is 0 Å². The van der Waals surface area contributed by atoms with Gasteiger partial charge in [-0.25, -0.2) is 0 Å². The molecule has 1 N–H and O–H groups in total. The molecule has 0 saturated carbocycles. The van der Waals surface area contributed by atoms with Crippen LogP contribution in [0.15, 0.2) is 23.8 Å². The molecule has 0 spiro atoms. The van der Waals surface area contributed by atoms with Gasteiger partial charge in [-0.3, -0.25) is 0 Å². The van der Waals surface area contributed by atoms with E-state index in [2.05, 4.69) is 18.2 Å². The maximum absolute atomic E-state index is 8.57. The number of unbranched alkanes of at least 4 members (excludes halogenated alkanes) is 2. The predicted octanol–water partition coefficient (Wildman–Crippen LogP) is 2.82. The van der Waals surface area contributed by atoms with Gasteiger partial charge in [0.1, 0.15) is 0 Å². The van der Waals surface area contributed by atoms with Gasteiger partial charge < -0.3 is 5.11 Å². The summed E-state index contributed by atoms with van der Waals surface area (Å²) in [5.74, 6) is 0. The van der Waals surface area contributed by atoms with Gasteiger partial charge in [-0.2, -0.15) is 0 Å². The molecule has 0 unspecified atom stereocenters. The monoisotopic (exact) mass is 166 g/mol. The fourth-order valence-corrected chi connectivity index (χ4v) is 1.47. The lowest BCUT2D eigenvalue weighted by Gasteiger charge is -2.05. The first kappa shape index (κ1) is 9.53. The number of aliphatic hydroxyl groups is 1. The van der Waals surface area contributed by atoms with Crippen LogP contribution >= 0.6 is 0 Å². The third-order valence-electron chi connectivity index (χ3n) is 2.20. The molecule has 0 aromatic rings.